The molecule has 0 aliphatic carbocycles. The Balaban J connectivity index is 1.68. The number of rotatable bonds is 8. The molecule has 1 saturated heterocycles. The molecule has 0 saturated carbocycles. The summed E-state index contributed by atoms with van der Waals surface area (Å²) in [4.78, 5) is 11.2. The largest absolute Gasteiger partial charge is 0.479 e. The topological polar surface area (TPSA) is 65.0 Å². The lowest BCUT2D eigenvalue weighted by molar-refractivity contribution is -0.161. The molecule has 2 atom stereocenters. The number of ether oxygens (including phenoxy) is 3. The molecule has 0 spiro atoms. The average Bonchev–Trinajstić information content (AvgIpc) is 2.52. The third kappa shape index (κ3) is 5.83. The number of hydrogen-bond acceptors (Lipinski definition) is 4. The first-order chi connectivity index (χ1) is 10.3. The standard InChI is InChI=1S/C16H22O5/c17-16(18)15(21-14-7-4-9-19-12-14)8-10-20-11-13-5-2-1-3-6-13/h1-3,5-6,14-15H,4,7-12H2,(H,17,18). The van der Waals surface area contributed by atoms with E-state index in [4.69, 9.17) is 14.2 Å². The van der Waals surface area contributed by atoms with E-state index in [2.05, 4.69) is 0 Å². The van der Waals surface area contributed by atoms with Gasteiger partial charge >= 0.3 is 5.97 Å². The first-order valence-electron chi connectivity index (χ1n) is 7.33. The molecule has 21 heavy (non-hydrogen) atoms. The molecule has 1 aliphatic rings. The summed E-state index contributed by atoms with van der Waals surface area (Å²) in [7, 11) is 0. The molecule has 116 valence electrons. The van der Waals surface area contributed by atoms with Crippen LogP contribution in [0, 0.1) is 0 Å². The van der Waals surface area contributed by atoms with Crippen LogP contribution in [0.25, 0.3) is 0 Å². The van der Waals surface area contributed by atoms with Crippen LogP contribution in [0.5, 0.6) is 0 Å². The van der Waals surface area contributed by atoms with Crippen LogP contribution >= 0.6 is 0 Å². The van der Waals surface area contributed by atoms with Crippen molar-refractivity contribution in [3.05, 3.63) is 35.9 Å². The Hall–Kier alpha value is -1.43. The Morgan fingerprint density at radius 2 is 2.19 bits per heavy atom. The summed E-state index contributed by atoms with van der Waals surface area (Å²) in [5, 5.41) is 9.20. The van der Waals surface area contributed by atoms with Crippen molar-refractivity contribution in [2.75, 3.05) is 19.8 Å². The highest BCUT2D eigenvalue weighted by Gasteiger charge is 2.24. The van der Waals surface area contributed by atoms with Gasteiger partial charge < -0.3 is 19.3 Å². The van der Waals surface area contributed by atoms with Gasteiger partial charge in [0, 0.05) is 13.0 Å². The summed E-state index contributed by atoms with van der Waals surface area (Å²) in [6, 6.07) is 9.80. The van der Waals surface area contributed by atoms with Crippen LogP contribution in [0.4, 0.5) is 0 Å². The third-order valence-electron chi connectivity index (χ3n) is 3.39. The summed E-state index contributed by atoms with van der Waals surface area (Å²) >= 11 is 0. The van der Waals surface area contributed by atoms with E-state index in [0.29, 0.717) is 26.2 Å². The molecule has 1 aromatic rings. The minimum Gasteiger partial charge on any atom is -0.479 e. The van der Waals surface area contributed by atoms with Crippen LogP contribution in [0.3, 0.4) is 0 Å². The van der Waals surface area contributed by atoms with E-state index >= 15 is 0 Å². The van der Waals surface area contributed by atoms with Gasteiger partial charge in [-0.2, -0.15) is 0 Å². The lowest BCUT2D eigenvalue weighted by Gasteiger charge is -2.25. The number of aliphatic carboxylic acids is 1. The van der Waals surface area contributed by atoms with E-state index in [1.54, 1.807) is 0 Å². The van der Waals surface area contributed by atoms with Gasteiger partial charge in [0.1, 0.15) is 0 Å². The predicted octanol–water partition coefficient (Wildman–Crippen LogP) is 2.24. The second-order valence-electron chi connectivity index (χ2n) is 5.13. The fourth-order valence-corrected chi connectivity index (χ4v) is 2.26. The molecule has 1 aliphatic heterocycles. The van der Waals surface area contributed by atoms with Crippen molar-refractivity contribution in [1.82, 2.24) is 0 Å². The van der Waals surface area contributed by atoms with Crippen molar-refractivity contribution < 1.29 is 24.1 Å². The zero-order valence-corrected chi connectivity index (χ0v) is 12.1. The van der Waals surface area contributed by atoms with Crippen LogP contribution in [-0.4, -0.2) is 43.1 Å². The van der Waals surface area contributed by atoms with Gasteiger partial charge in [0.2, 0.25) is 0 Å². The van der Waals surface area contributed by atoms with E-state index in [1.807, 2.05) is 30.3 Å². The Labute approximate surface area is 124 Å². The summed E-state index contributed by atoms with van der Waals surface area (Å²) < 4.78 is 16.4. The van der Waals surface area contributed by atoms with Crippen LogP contribution in [-0.2, 0) is 25.6 Å². The monoisotopic (exact) mass is 294 g/mol. The maximum absolute atomic E-state index is 11.2. The summed E-state index contributed by atoms with van der Waals surface area (Å²) in [5.74, 6) is -0.941. The van der Waals surface area contributed by atoms with Crippen molar-refractivity contribution in [3.8, 4) is 0 Å². The molecule has 0 radical (unpaired) electrons. The first-order valence-corrected chi connectivity index (χ1v) is 7.33. The highest BCUT2D eigenvalue weighted by Crippen LogP contribution is 2.14. The van der Waals surface area contributed by atoms with Crippen LogP contribution in [0.1, 0.15) is 24.8 Å². The van der Waals surface area contributed by atoms with Gasteiger partial charge in [-0.25, -0.2) is 4.79 Å². The highest BCUT2D eigenvalue weighted by molar-refractivity contribution is 5.72. The van der Waals surface area contributed by atoms with E-state index < -0.39 is 12.1 Å². The number of benzene rings is 1. The normalized spacial score (nSPS) is 20.1. The number of carbonyl (C=O) groups is 1. The van der Waals surface area contributed by atoms with Crippen LogP contribution in [0.2, 0.25) is 0 Å². The van der Waals surface area contributed by atoms with Gasteiger partial charge in [-0.15, -0.1) is 0 Å². The predicted molar refractivity (Wildman–Crippen MR) is 77.1 cm³/mol. The molecule has 1 heterocycles. The van der Waals surface area contributed by atoms with Crippen molar-refractivity contribution >= 4 is 5.97 Å². The minimum atomic E-state index is -0.941. The van der Waals surface area contributed by atoms with Gasteiger partial charge in [0.25, 0.3) is 0 Å². The maximum atomic E-state index is 11.2. The zero-order valence-electron chi connectivity index (χ0n) is 12.1. The Morgan fingerprint density at radius 3 is 2.86 bits per heavy atom. The van der Waals surface area contributed by atoms with Gasteiger partial charge in [-0.3, -0.25) is 0 Å². The Kier molecular flexibility index (Phi) is 6.66. The molecule has 2 unspecified atom stereocenters. The molecule has 5 nitrogen and oxygen atoms in total. The molecule has 1 aromatic carbocycles. The molecule has 0 aromatic heterocycles. The van der Waals surface area contributed by atoms with Crippen LogP contribution in [0.15, 0.2) is 30.3 Å². The van der Waals surface area contributed by atoms with E-state index in [9.17, 15) is 9.90 Å². The highest BCUT2D eigenvalue weighted by atomic mass is 16.6. The second-order valence-corrected chi connectivity index (χ2v) is 5.13. The van der Waals surface area contributed by atoms with Crippen molar-refractivity contribution in [2.45, 2.75) is 38.1 Å². The smallest absolute Gasteiger partial charge is 0.332 e. The molecule has 5 heteroatoms. The molecule has 0 amide bonds. The summed E-state index contributed by atoms with van der Waals surface area (Å²) in [5.41, 5.74) is 1.07. The van der Waals surface area contributed by atoms with Gasteiger partial charge in [0.15, 0.2) is 6.10 Å². The molecule has 0 bridgehead atoms. The van der Waals surface area contributed by atoms with Gasteiger partial charge in [0.05, 0.1) is 25.9 Å². The Bertz CT molecular complexity index is 414. The number of carboxylic acids is 1. The molecular weight excluding hydrogens is 272 g/mol. The van der Waals surface area contributed by atoms with Crippen molar-refractivity contribution in [3.63, 3.8) is 0 Å². The summed E-state index contributed by atoms with van der Waals surface area (Å²) in [6.07, 6.45) is 1.18. The molecule has 1 N–H and O–H groups in total. The minimum absolute atomic E-state index is 0.117. The Morgan fingerprint density at radius 1 is 1.38 bits per heavy atom. The molecule has 1 fully saturated rings. The first kappa shape index (κ1) is 15.9. The quantitative estimate of drug-likeness (QED) is 0.745. The maximum Gasteiger partial charge on any atom is 0.332 e. The van der Waals surface area contributed by atoms with Crippen molar-refractivity contribution in [1.29, 1.82) is 0 Å². The van der Waals surface area contributed by atoms with E-state index in [-0.39, 0.29) is 6.10 Å². The third-order valence-corrected chi connectivity index (χ3v) is 3.39. The number of hydrogen-bond donors (Lipinski definition) is 1. The SMILES string of the molecule is O=C(O)C(CCOCc1ccccc1)OC1CCCOC1. The van der Waals surface area contributed by atoms with Crippen molar-refractivity contribution in [2.24, 2.45) is 0 Å². The molecular formula is C16H22O5. The lowest BCUT2D eigenvalue weighted by atomic mass is 10.1. The van der Waals surface area contributed by atoms with Gasteiger partial charge in [-0.05, 0) is 18.4 Å². The van der Waals surface area contributed by atoms with E-state index in [0.717, 1.165) is 25.0 Å². The summed E-state index contributed by atoms with van der Waals surface area (Å²) in [6.45, 7) is 2.06. The second kappa shape index (κ2) is 8.77. The average molecular weight is 294 g/mol. The number of carboxylic acid groups (broad SMARTS) is 1. The van der Waals surface area contributed by atoms with E-state index in [1.165, 1.54) is 0 Å². The molecule has 2 rings (SSSR count). The van der Waals surface area contributed by atoms with Crippen LogP contribution < -0.4 is 0 Å². The lowest BCUT2D eigenvalue weighted by Crippen LogP contribution is -2.35. The fraction of sp³-hybridized carbons (Fsp3) is 0.562. The zero-order chi connectivity index (χ0) is 14.9. The van der Waals surface area contributed by atoms with Gasteiger partial charge in [-0.1, -0.05) is 30.3 Å². The fourth-order valence-electron chi connectivity index (χ4n) is 2.26.